The van der Waals surface area contributed by atoms with Gasteiger partial charge >= 0.3 is 0 Å². The second kappa shape index (κ2) is 33.7. The van der Waals surface area contributed by atoms with Gasteiger partial charge < -0.3 is 5.41 Å². The highest BCUT2D eigenvalue weighted by atomic mass is 32.2. The molecule has 4 heterocycles. The van der Waals surface area contributed by atoms with Gasteiger partial charge in [0, 0.05) is 95.5 Å². The SMILES string of the molecule is CC.CC(Cn1nc(C(F)F)c2c1C(F)(F)C(C)C2)=C1CCC1.CCC.CCCC(=N)c1c(C)ccc(-n2c(C(Cc3cc(F)cc(F)c3)C(C)C)nc3nc(C4CCC(F)(F)CC4)cc(C)c3c2=O)c1C.CCCCCN1CCC(F)(F)C1.CS(C)=O. The lowest BCUT2D eigenvalue weighted by Crippen LogP contribution is -2.30. The Morgan fingerprint density at radius 1 is 0.841 bits per heavy atom. The zero-order chi connectivity index (χ0) is 66.2. The average Bonchev–Trinajstić information content (AvgIpc) is 1.72. The molecule has 5 aromatic rings. The Balaban J connectivity index is 0.000000321. The number of benzene rings is 2. The van der Waals surface area contributed by atoms with Crippen LogP contribution in [0.2, 0.25) is 0 Å². The first-order chi connectivity index (χ1) is 41.3. The van der Waals surface area contributed by atoms with Gasteiger partial charge in [-0.3, -0.25) is 23.2 Å². The maximum Gasteiger partial charge on any atom is 0.292 e. The van der Waals surface area contributed by atoms with Gasteiger partial charge in [0.15, 0.2) is 5.65 Å². The standard InChI is InChI=1S/C37H42F4N4O.C15H18F4N2.C9H17F2N.C3H8.C2H6OS.C2H6/c1-7-8-29(42)32-21(4)9-10-31(23(32)6)45-35(28(20(2)3)18-24-16-26(38)19-27(39)17-24)44-34-33(36(45)46)22(5)15-30(43-34)25-11-13-37(40,41)14-12-25;1-8(10-4-3-5-10)7-21-13-11(12(20-21)14(16)17)6-9(2)15(13,18)19;1-2-3-4-6-12-7-5-9(10,11)8-12;1-3-2;1-4(2)3;1-2/h9-10,15-17,19-20,25,28,42H,7-8,11-14,18H2,1-6H3;9,14H,3-7H2,1-2H3;2-8H2,1H3;3H2,1-2H3;1-2H3;1-2H3. The fourth-order valence-corrected chi connectivity index (χ4v) is 11.7. The second-order valence-electron chi connectivity index (χ2n) is 24.4. The normalized spacial score (nSPS) is 17.7. The Morgan fingerprint density at radius 2 is 1.44 bits per heavy atom. The van der Waals surface area contributed by atoms with Crippen LogP contribution in [0.5, 0.6) is 0 Å². The van der Waals surface area contributed by atoms with E-state index in [1.807, 2.05) is 85.4 Å². The van der Waals surface area contributed by atoms with E-state index in [2.05, 4.69) is 25.9 Å². The first-order valence-electron chi connectivity index (χ1n) is 31.6. The molecule has 20 heteroatoms. The lowest BCUT2D eigenvalue weighted by atomic mass is 9.84. The number of fused-ring (bicyclic) bond motifs is 2. The summed E-state index contributed by atoms with van der Waals surface area (Å²) in [7, 11) is -0.611. The van der Waals surface area contributed by atoms with E-state index in [0.29, 0.717) is 65.2 Å². The van der Waals surface area contributed by atoms with Gasteiger partial charge in [-0.25, -0.2) is 45.1 Å². The summed E-state index contributed by atoms with van der Waals surface area (Å²) >= 11 is 0. The number of aromatic nitrogens is 5. The van der Waals surface area contributed by atoms with Gasteiger partial charge in [-0.1, -0.05) is 105 Å². The monoisotopic (exact) mass is 1270 g/mol. The smallest absolute Gasteiger partial charge is 0.292 e. The molecule has 3 aliphatic carbocycles. The number of alkyl halides is 8. The van der Waals surface area contributed by atoms with Crippen molar-refractivity contribution >= 4 is 27.5 Å². The summed E-state index contributed by atoms with van der Waals surface area (Å²) in [5.41, 5.74) is 6.70. The Morgan fingerprint density at radius 3 is 1.95 bits per heavy atom. The summed E-state index contributed by atoms with van der Waals surface area (Å²) in [5, 5.41) is 12.9. The fourth-order valence-electron chi connectivity index (χ4n) is 11.7. The molecule has 0 spiro atoms. The molecule has 1 N–H and O–H groups in total. The molecule has 9 rings (SSSR count). The second-order valence-corrected chi connectivity index (χ2v) is 25.9. The highest BCUT2D eigenvalue weighted by molar-refractivity contribution is 7.83. The first kappa shape index (κ1) is 75.2. The minimum absolute atomic E-state index is 0.0171. The molecule has 492 valence electrons. The predicted molar refractivity (Wildman–Crippen MR) is 338 cm³/mol. The minimum atomic E-state index is -3.08. The fraction of sp³-hybridized carbons (Fsp3) is 0.632. The number of hydrogen-bond acceptors (Lipinski definition) is 7. The molecule has 3 fully saturated rings. The van der Waals surface area contributed by atoms with Gasteiger partial charge in [0.1, 0.15) is 28.8 Å². The molecule has 1 aliphatic heterocycles. The van der Waals surface area contributed by atoms with Crippen LogP contribution in [0.25, 0.3) is 16.7 Å². The van der Waals surface area contributed by atoms with E-state index in [1.165, 1.54) is 31.1 Å². The van der Waals surface area contributed by atoms with Crippen LogP contribution < -0.4 is 5.56 Å². The molecular weight excluding hydrogens is 1170 g/mol. The summed E-state index contributed by atoms with van der Waals surface area (Å²) in [6, 6.07) is 9.01. The van der Waals surface area contributed by atoms with E-state index in [4.69, 9.17) is 15.4 Å². The van der Waals surface area contributed by atoms with Crippen molar-refractivity contribution in [1.82, 2.24) is 29.2 Å². The lowest BCUT2D eigenvalue weighted by Gasteiger charge is -2.29. The van der Waals surface area contributed by atoms with Gasteiger partial charge in [0.25, 0.3) is 23.8 Å². The van der Waals surface area contributed by atoms with Crippen LogP contribution in [0.15, 0.2) is 52.3 Å². The minimum Gasteiger partial charge on any atom is -0.305 e. The van der Waals surface area contributed by atoms with Crippen LogP contribution >= 0.6 is 0 Å². The molecule has 2 atom stereocenters. The number of allylic oxidation sites excluding steroid dienone is 2. The number of nitrogens with one attached hydrogen (secondary N) is 1. The van der Waals surface area contributed by atoms with Crippen molar-refractivity contribution in [2.24, 2.45) is 11.8 Å². The van der Waals surface area contributed by atoms with Crippen molar-refractivity contribution in [3.05, 3.63) is 126 Å². The topological polar surface area (TPSA) is 110 Å². The zero-order valence-electron chi connectivity index (χ0n) is 54.7. The maximum atomic E-state index is 14.7. The van der Waals surface area contributed by atoms with Crippen LogP contribution in [0.1, 0.15) is 234 Å². The molecule has 1 saturated heterocycles. The summed E-state index contributed by atoms with van der Waals surface area (Å²) in [6.07, 6.45) is 9.95. The van der Waals surface area contributed by atoms with Crippen LogP contribution in [0.3, 0.4) is 0 Å². The quantitative estimate of drug-likeness (QED) is 0.0456. The molecule has 2 unspecified atom stereocenters. The number of pyridine rings is 1. The highest BCUT2D eigenvalue weighted by Gasteiger charge is 2.51. The number of unbranched alkanes of at least 4 members (excludes halogenated alkanes) is 2. The number of rotatable bonds is 16. The van der Waals surface area contributed by atoms with Crippen molar-refractivity contribution in [3.63, 3.8) is 0 Å². The molecular formula is C68H97F10N7O2S. The number of halogens is 10. The third-order valence-electron chi connectivity index (χ3n) is 16.4. The van der Waals surface area contributed by atoms with Crippen LogP contribution in [-0.2, 0) is 36.1 Å². The van der Waals surface area contributed by atoms with Gasteiger partial charge in [-0.05, 0) is 144 Å². The molecule has 2 saturated carbocycles. The van der Waals surface area contributed by atoms with Gasteiger partial charge in [-0.15, -0.1) is 0 Å². The van der Waals surface area contributed by atoms with E-state index >= 15 is 0 Å². The number of aryl methyl sites for hydroxylation is 2. The van der Waals surface area contributed by atoms with Crippen molar-refractivity contribution < 1.29 is 48.1 Å². The van der Waals surface area contributed by atoms with Gasteiger partial charge in [0.05, 0.1) is 24.2 Å². The Bertz CT molecular complexity index is 3190. The molecule has 3 aromatic heterocycles. The largest absolute Gasteiger partial charge is 0.305 e. The molecule has 2 aromatic carbocycles. The van der Waals surface area contributed by atoms with Gasteiger partial charge in [-0.2, -0.15) is 13.9 Å². The van der Waals surface area contributed by atoms with E-state index in [0.717, 1.165) is 84.5 Å². The van der Waals surface area contributed by atoms with Crippen LogP contribution in [0.4, 0.5) is 43.9 Å². The molecule has 0 amide bonds. The summed E-state index contributed by atoms with van der Waals surface area (Å²) in [6.45, 7) is 26.9. The number of likely N-dealkylation sites (tertiary alicyclic amines) is 1. The van der Waals surface area contributed by atoms with Crippen molar-refractivity contribution in [1.29, 1.82) is 5.41 Å². The highest BCUT2D eigenvalue weighted by Crippen LogP contribution is 2.49. The predicted octanol–water partition coefficient (Wildman–Crippen LogP) is 19.0. The Kier molecular flexibility index (Phi) is 28.8. The third-order valence-corrected chi connectivity index (χ3v) is 16.4. The van der Waals surface area contributed by atoms with E-state index in [9.17, 15) is 52.9 Å². The molecule has 9 nitrogen and oxygen atoms in total. The Labute approximate surface area is 519 Å². The number of hydrogen-bond donors (Lipinski definition) is 1. The van der Waals surface area contributed by atoms with Gasteiger partial charge in [0.2, 0.25) is 5.92 Å². The van der Waals surface area contributed by atoms with Crippen molar-refractivity contribution in [3.8, 4) is 5.69 Å². The van der Waals surface area contributed by atoms with Crippen LogP contribution in [0, 0.1) is 49.7 Å². The van der Waals surface area contributed by atoms with E-state index in [1.54, 1.807) is 17.1 Å². The molecule has 0 bridgehead atoms. The average molecular weight is 1270 g/mol. The van der Waals surface area contributed by atoms with Crippen molar-refractivity contribution in [2.75, 3.05) is 32.1 Å². The third kappa shape index (κ3) is 19.9. The first-order valence-corrected chi connectivity index (χ1v) is 33.5. The number of nitrogens with zero attached hydrogens (tertiary/aromatic N) is 6. The summed E-state index contributed by atoms with van der Waals surface area (Å²) < 4.78 is 149. The van der Waals surface area contributed by atoms with E-state index in [-0.39, 0.29) is 79.5 Å². The zero-order valence-corrected chi connectivity index (χ0v) is 55.5. The molecule has 4 aliphatic rings. The summed E-state index contributed by atoms with van der Waals surface area (Å²) in [4.78, 5) is 26.4. The maximum absolute atomic E-state index is 14.7. The molecule has 88 heavy (non-hydrogen) atoms. The Hall–Kier alpha value is -5.24. The van der Waals surface area contributed by atoms with E-state index < -0.39 is 64.2 Å². The molecule has 0 radical (unpaired) electrons. The lowest BCUT2D eigenvalue weighted by molar-refractivity contribution is -0.0528. The summed E-state index contributed by atoms with van der Waals surface area (Å²) in [5.74, 6) is -10.8. The van der Waals surface area contributed by atoms with Crippen molar-refractivity contribution in [2.45, 2.75) is 235 Å². The van der Waals surface area contributed by atoms with Crippen LogP contribution in [-0.4, -0.2) is 83.1 Å².